The largest absolute Gasteiger partial charge is 0.451 e. The van der Waals surface area contributed by atoms with Gasteiger partial charge in [0.15, 0.2) is 22.8 Å². The summed E-state index contributed by atoms with van der Waals surface area (Å²) in [4.78, 5) is 13.0. The molecule has 8 nitrogen and oxygen atoms in total. The molecule has 0 bridgehead atoms. The fourth-order valence-electron chi connectivity index (χ4n) is 3.97. The molecule has 3 N–H and O–H groups in total. The lowest BCUT2D eigenvalue weighted by Gasteiger charge is -2.19. The van der Waals surface area contributed by atoms with Gasteiger partial charge < -0.3 is 25.1 Å². The van der Waals surface area contributed by atoms with E-state index in [0.29, 0.717) is 33.3 Å². The van der Waals surface area contributed by atoms with Crippen molar-refractivity contribution in [1.82, 2.24) is 14.3 Å². The van der Waals surface area contributed by atoms with Gasteiger partial charge >= 0.3 is 0 Å². The highest BCUT2D eigenvalue weighted by Gasteiger charge is 2.23. The first-order chi connectivity index (χ1) is 17.9. The molecule has 0 aliphatic rings. The molecular formula is C26H30BrF2N5O3Si. The Balaban J connectivity index is 1.85. The number of rotatable bonds is 9. The van der Waals surface area contributed by atoms with Crippen LogP contribution in [0.3, 0.4) is 0 Å². The van der Waals surface area contributed by atoms with Crippen molar-refractivity contribution in [1.29, 1.82) is 0 Å². The number of hydrogen-bond donors (Lipinski definition) is 2. The van der Waals surface area contributed by atoms with Crippen molar-refractivity contribution in [2.75, 3.05) is 24.7 Å². The van der Waals surface area contributed by atoms with Crippen LogP contribution in [0, 0.1) is 11.6 Å². The molecule has 0 atom stereocenters. The van der Waals surface area contributed by atoms with Crippen LogP contribution in [-0.4, -0.2) is 36.1 Å². The van der Waals surface area contributed by atoms with Crippen LogP contribution in [0.5, 0.6) is 11.5 Å². The molecule has 4 rings (SSSR count). The van der Waals surface area contributed by atoms with E-state index in [1.165, 1.54) is 10.6 Å². The monoisotopic (exact) mass is 605 g/mol. The molecule has 0 saturated carbocycles. The lowest BCUT2D eigenvalue weighted by molar-refractivity contribution is 0.0791. The quantitative estimate of drug-likeness (QED) is 0.134. The van der Waals surface area contributed by atoms with E-state index < -0.39 is 19.7 Å². The summed E-state index contributed by atoms with van der Waals surface area (Å²) in [7, 11) is 2.06. The second kappa shape index (κ2) is 10.9. The van der Waals surface area contributed by atoms with Crippen molar-refractivity contribution in [2.45, 2.75) is 32.4 Å². The summed E-state index contributed by atoms with van der Waals surface area (Å²) in [6.45, 7) is 7.61. The van der Waals surface area contributed by atoms with E-state index in [0.717, 1.165) is 18.2 Å². The molecule has 0 saturated heterocycles. The number of halogens is 3. The topological polar surface area (TPSA) is 96.3 Å². The number of nitrogen functional groups attached to an aromatic ring is 1. The van der Waals surface area contributed by atoms with Crippen LogP contribution in [0.4, 0.5) is 20.2 Å². The Morgan fingerprint density at radius 2 is 1.89 bits per heavy atom. The normalized spacial score (nSPS) is 11.8. The third kappa shape index (κ3) is 5.76. The molecule has 0 amide bonds. The Bertz CT molecular complexity index is 1570. The first kappa shape index (κ1) is 27.8. The number of nitrogens with one attached hydrogen (secondary N) is 1. The Labute approximate surface area is 228 Å². The summed E-state index contributed by atoms with van der Waals surface area (Å²) in [6.07, 6.45) is 3.38. The van der Waals surface area contributed by atoms with Gasteiger partial charge in [-0.1, -0.05) is 19.6 Å². The van der Waals surface area contributed by atoms with Crippen molar-refractivity contribution in [2.24, 2.45) is 7.05 Å². The van der Waals surface area contributed by atoms with Gasteiger partial charge in [0.25, 0.3) is 5.56 Å². The number of aromatic nitrogens is 3. The molecule has 0 spiro atoms. The third-order valence-electron chi connectivity index (χ3n) is 6.03. The van der Waals surface area contributed by atoms with E-state index in [2.05, 4.69) is 46.0 Å². The smallest absolute Gasteiger partial charge is 0.278 e. The molecule has 4 aromatic rings. The fraction of sp³-hybridized carbons (Fsp3) is 0.308. The molecule has 2 heterocycles. The Morgan fingerprint density at radius 3 is 2.55 bits per heavy atom. The Kier molecular flexibility index (Phi) is 7.95. The molecule has 0 fully saturated rings. The number of aryl methyl sites for hydroxylation is 1. The molecule has 0 radical (unpaired) electrons. The lowest BCUT2D eigenvalue weighted by atomic mass is 10.0. The number of benzene rings is 2. The average molecular weight is 607 g/mol. The maximum atomic E-state index is 14.6. The van der Waals surface area contributed by atoms with Gasteiger partial charge in [-0.25, -0.2) is 13.5 Å². The van der Waals surface area contributed by atoms with Crippen LogP contribution in [0.15, 0.2) is 45.9 Å². The SMILES string of the molecule is CNc1c(Br)cc(-c2cn(C)c(=O)c3nn(COCC[Si](C)(C)C)cc23)c(Oc2ccc(F)cc2F)c1N. The van der Waals surface area contributed by atoms with E-state index in [1.54, 1.807) is 37.2 Å². The van der Waals surface area contributed by atoms with Gasteiger partial charge in [-0.15, -0.1) is 0 Å². The zero-order chi connectivity index (χ0) is 27.8. The minimum atomic E-state index is -1.25. The lowest BCUT2D eigenvalue weighted by Crippen LogP contribution is -2.22. The highest BCUT2D eigenvalue weighted by atomic mass is 79.9. The molecule has 38 heavy (non-hydrogen) atoms. The van der Waals surface area contributed by atoms with Crippen molar-refractivity contribution < 1.29 is 18.3 Å². The number of hydrogen-bond acceptors (Lipinski definition) is 6. The van der Waals surface area contributed by atoms with E-state index >= 15 is 0 Å². The summed E-state index contributed by atoms with van der Waals surface area (Å²) < 4.78 is 43.5. The highest BCUT2D eigenvalue weighted by molar-refractivity contribution is 9.10. The predicted molar refractivity (Wildman–Crippen MR) is 153 cm³/mol. The van der Waals surface area contributed by atoms with Gasteiger partial charge in [0, 0.05) is 68.2 Å². The van der Waals surface area contributed by atoms with Crippen LogP contribution >= 0.6 is 15.9 Å². The van der Waals surface area contributed by atoms with Crippen molar-refractivity contribution in [3.05, 3.63) is 63.1 Å². The number of nitrogens with two attached hydrogens (primary N) is 1. The van der Waals surface area contributed by atoms with E-state index in [9.17, 15) is 13.6 Å². The summed E-state index contributed by atoms with van der Waals surface area (Å²) in [5.41, 5.74) is 8.23. The van der Waals surface area contributed by atoms with E-state index in [-0.39, 0.29) is 35.0 Å². The van der Waals surface area contributed by atoms with E-state index in [4.69, 9.17) is 15.2 Å². The van der Waals surface area contributed by atoms with E-state index in [1.807, 2.05) is 0 Å². The molecule has 2 aromatic carbocycles. The standard InChI is InChI=1S/C26H30BrF2N5O3Si/c1-31-24-19(27)11-16(25(22(24)30)37-21-7-6-15(28)10-20(21)29)17-12-33(2)26(35)23-18(17)13-34(32-23)14-36-8-9-38(3,4)5/h6-7,10-13,31H,8-9,14,30H2,1-5H3. The second-order valence-corrected chi connectivity index (χ2v) is 16.7. The minimum Gasteiger partial charge on any atom is -0.451 e. The van der Waals surface area contributed by atoms with Crippen molar-refractivity contribution in [3.8, 4) is 22.6 Å². The van der Waals surface area contributed by atoms with Crippen LogP contribution in [0.2, 0.25) is 25.7 Å². The van der Waals surface area contributed by atoms with Gasteiger partial charge in [0.1, 0.15) is 18.2 Å². The molecule has 0 aliphatic carbocycles. The molecule has 202 valence electrons. The van der Waals surface area contributed by atoms with Crippen LogP contribution < -0.4 is 21.3 Å². The van der Waals surface area contributed by atoms with Crippen molar-refractivity contribution >= 4 is 46.3 Å². The molecular weight excluding hydrogens is 576 g/mol. The molecule has 2 aromatic heterocycles. The second-order valence-electron chi connectivity index (χ2n) is 10.2. The number of ether oxygens (including phenoxy) is 2. The Morgan fingerprint density at radius 1 is 1.16 bits per heavy atom. The maximum absolute atomic E-state index is 14.6. The number of nitrogens with zero attached hydrogens (tertiary/aromatic N) is 3. The van der Waals surface area contributed by atoms with Gasteiger partial charge in [0.05, 0.1) is 5.69 Å². The first-order valence-corrected chi connectivity index (χ1v) is 16.5. The summed E-state index contributed by atoms with van der Waals surface area (Å²) in [5.74, 6) is -1.66. The average Bonchev–Trinajstić information content (AvgIpc) is 3.26. The zero-order valence-electron chi connectivity index (χ0n) is 21.9. The Hall–Kier alpha value is -3.22. The number of pyridine rings is 1. The summed E-state index contributed by atoms with van der Waals surface area (Å²) in [6, 6.07) is 5.80. The predicted octanol–water partition coefficient (Wildman–Crippen LogP) is 6.17. The van der Waals surface area contributed by atoms with Crippen LogP contribution in [-0.2, 0) is 18.5 Å². The molecule has 12 heteroatoms. The van der Waals surface area contributed by atoms with Crippen molar-refractivity contribution in [3.63, 3.8) is 0 Å². The van der Waals surface area contributed by atoms with Gasteiger partial charge in [-0.05, 0) is 40.2 Å². The van der Waals surface area contributed by atoms with Crippen LogP contribution in [0.25, 0.3) is 22.0 Å². The molecule has 0 unspecified atom stereocenters. The maximum Gasteiger partial charge on any atom is 0.278 e. The van der Waals surface area contributed by atoms with Crippen LogP contribution in [0.1, 0.15) is 0 Å². The number of anilines is 2. The van der Waals surface area contributed by atoms with Gasteiger partial charge in [0.2, 0.25) is 0 Å². The summed E-state index contributed by atoms with van der Waals surface area (Å²) >= 11 is 3.53. The highest BCUT2D eigenvalue weighted by Crippen LogP contribution is 2.47. The fourth-order valence-corrected chi connectivity index (χ4v) is 5.36. The first-order valence-electron chi connectivity index (χ1n) is 12.0. The van der Waals surface area contributed by atoms with Gasteiger partial charge in [-0.3, -0.25) is 4.79 Å². The number of fused-ring (bicyclic) bond motifs is 1. The zero-order valence-corrected chi connectivity index (χ0v) is 24.4. The third-order valence-corrected chi connectivity index (χ3v) is 8.36. The van der Waals surface area contributed by atoms with Gasteiger partial charge in [-0.2, -0.15) is 5.10 Å². The summed E-state index contributed by atoms with van der Waals surface area (Å²) in [5, 5.41) is 8.03. The molecule has 0 aliphatic heterocycles. The minimum absolute atomic E-state index is 0.141.